The standard InChI is InChI=1S/C10H6ClNO2S/c1-5(13)9(14)8-4-7-10(15-8)6(11)2-3-12-7/h2-4H,1H3. The zero-order valence-corrected chi connectivity index (χ0v) is 9.35. The average molecular weight is 240 g/mol. The summed E-state index contributed by atoms with van der Waals surface area (Å²) < 4.78 is 0.740. The first-order valence-corrected chi connectivity index (χ1v) is 5.38. The van der Waals surface area contributed by atoms with E-state index in [2.05, 4.69) is 4.98 Å². The Morgan fingerprint density at radius 2 is 2.20 bits per heavy atom. The molecule has 0 aromatic carbocycles. The highest BCUT2D eigenvalue weighted by molar-refractivity contribution is 7.22. The third kappa shape index (κ3) is 1.78. The molecule has 76 valence electrons. The Balaban J connectivity index is 2.62. The number of Topliss-reactive ketones (excluding diaryl/α,β-unsaturated/α-hetero) is 2. The van der Waals surface area contributed by atoms with Gasteiger partial charge in [-0.1, -0.05) is 11.6 Å². The molecular weight excluding hydrogens is 234 g/mol. The van der Waals surface area contributed by atoms with Crippen molar-refractivity contribution in [3.8, 4) is 0 Å². The lowest BCUT2D eigenvalue weighted by Crippen LogP contribution is -2.07. The highest BCUT2D eigenvalue weighted by atomic mass is 35.5. The predicted octanol–water partition coefficient (Wildman–Crippen LogP) is 2.72. The van der Waals surface area contributed by atoms with E-state index in [1.165, 1.54) is 18.3 Å². The Labute approximate surface area is 94.7 Å². The van der Waals surface area contributed by atoms with Gasteiger partial charge in [-0.15, -0.1) is 11.3 Å². The highest BCUT2D eigenvalue weighted by Crippen LogP contribution is 2.30. The van der Waals surface area contributed by atoms with Gasteiger partial charge in [0.25, 0.3) is 0 Å². The maximum atomic E-state index is 11.4. The summed E-state index contributed by atoms with van der Waals surface area (Å²) in [4.78, 5) is 26.8. The molecular formula is C10H6ClNO2S. The number of fused-ring (bicyclic) bond motifs is 1. The van der Waals surface area contributed by atoms with Gasteiger partial charge >= 0.3 is 0 Å². The van der Waals surface area contributed by atoms with Crippen molar-refractivity contribution in [2.75, 3.05) is 0 Å². The summed E-state index contributed by atoms with van der Waals surface area (Å²) in [6.07, 6.45) is 1.57. The van der Waals surface area contributed by atoms with E-state index in [4.69, 9.17) is 11.6 Å². The largest absolute Gasteiger partial charge is 0.291 e. The number of carbonyl (C=O) groups excluding carboxylic acids is 2. The summed E-state index contributed by atoms with van der Waals surface area (Å²) in [5, 5.41) is 0.549. The van der Waals surface area contributed by atoms with Crippen LogP contribution >= 0.6 is 22.9 Å². The van der Waals surface area contributed by atoms with Crippen molar-refractivity contribution >= 4 is 44.7 Å². The fraction of sp³-hybridized carbons (Fsp3) is 0.100. The van der Waals surface area contributed by atoms with Gasteiger partial charge in [0.05, 0.1) is 20.1 Å². The number of rotatable bonds is 2. The molecule has 2 aromatic rings. The van der Waals surface area contributed by atoms with Crippen LogP contribution in [0.2, 0.25) is 5.02 Å². The fourth-order valence-electron chi connectivity index (χ4n) is 1.19. The molecule has 0 saturated carbocycles. The molecule has 0 saturated heterocycles. The molecule has 2 aromatic heterocycles. The quantitative estimate of drug-likeness (QED) is 0.598. The summed E-state index contributed by atoms with van der Waals surface area (Å²) in [6, 6.07) is 3.25. The highest BCUT2D eigenvalue weighted by Gasteiger charge is 2.15. The first kappa shape index (κ1) is 10.3. The Kier molecular flexibility index (Phi) is 2.54. The molecule has 0 unspecified atom stereocenters. The third-order valence-electron chi connectivity index (χ3n) is 1.91. The molecule has 0 N–H and O–H groups in total. The normalized spacial score (nSPS) is 10.5. The number of halogens is 1. The number of thiophene rings is 1. The SMILES string of the molecule is CC(=O)C(=O)c1cc2nccc(Cl)c2s1. The molecule has 2 heterocycles. The number of ketones is 2. The van der Waals surface area contributed by atoms with Gasteiger partial charge in [-0.05, 0) is 12.1 Å². The van der Waals surface area contributed by atoms with E-state index in [9.17, 15) is 9.59 Å². The van der Waals surface area contributed by atoms with Crippen molar-refractivity contribution < 1.29 is 9.59 Å². The lowest BCUT2D eigenvalue weighted by atomic mass is 10.2. The second-order valence-corrected chi connectivity index (χ2v) is 4.46. The van der Waals surface area contributed by atoms with Crippen molar-refractivity contribution in [1.82, 2.24) is 4.98 Å². The van der Waals surface area contributed by atoms with E-state index in [0.717, 1.165) is 4.70 Å². The van der Waals surface area contributed by atoms with E-state index >= 15 is 0 Å². The van der Waals surface area contributed by atoms with Crippen LogP contribution in [0.4, 0.5) is 0 Å². The summed E-state index contributed by atoms with van der Waals surface area (Å²) in [6.45, 7) is 1.25. The first-order chi connectivity index (χ1) is 7.09. The van der Waals surface area contributed by atoms with Crippen molar-refractivity contribution in [3.63, 3.8) is 0 Å². The average Bonchev–Trinajstić information content (AvgIpc) is 2.61. The van der Waals surface area contributed by atoms with E-state index in [0.29, 0.717) is 15.4 Å². The molecule has 0 radical (unpaired) electrons. The summed E-state index contributed by atoms with van der Waals surface area (Å²) in [5.41, 5.74) is 0.650. The summed E-state index contributed by atoms with van der Waals surface area (Å²) >= 11 is 7.12. The van der Waals surface area contributed by atoms with Crippen LogP contribution in [0.1, 0.15) is 16.6 Å². The Morgan fingerprint density at radius 3 is 2.80 bits per heavy atom. The molecule has 0 atom stereocenters. The molecule has 15 heavy (non-hydrogen) atoms. The van der Waals surface area contributed by atoms with Crippen molar-refractivity contribution in [1.29, 1.82) is 0 Å². The van der Waals surface area contributed by atoms with Crippen LogP contribution in [0.15, 0.2) is 18.3 Å². The smallest absolute Gasteiger partial charge is 0.238 e. The predicted molar refractivity (Wildman–Crippen MR) is 59.6 cm³/mol. The van der Waals surface area contributed by atoms with Gasteiger partial charge in [-0.2, -0.15) is 0 Å². The van der Waals surface area contributed by atoms with Gasteiger partial charge in [0.1, 0.15) is 0 Å². The van der Waals surface area contributed by atoms with E-state index in [1.54, 1.807) is 18.3 Å². The second-order valence-electron chi connectivity index (χ2n) is 3.00. The molecule has 0 fully saturated rings. The second kappa shape index (κ2) is 3.72. The minimum absolute atomic E-state index is 0.387. The molecule has 2 rings (SSSR count). The minimum atomic E-state index is -0.492. The van der Waals surface area contributed by atoms with Crippen LogP contribution in [-0.2, 0) is 4.79 Å². The maximum absolute atomic E-state index is 11.4. The lowest BCUT2D eigenvalue weighted by molar-refractivity contribution is -0.113. The molecule has 3 nitrogen and oxygen atoms in total. The maximum Gasteiger partial charge on any atom is 0.238 e. The number of nitrogens with zero attached hydrogens (tertiary/aromatic N) is 1. The van der Waals surface area contributed by atoms with Gasteiger partial charge in [-0.25, -0.2) is 0 Å². The first-order valence-electron chi connectivity index (χ1n) is 4.19. The number of pyridine rings is 1. The molecule has 0 bridgehead atoms. The van der Waals surface area contributed by atoms with E-state index < -0.39 is 11.6 Å². The zero-order valence-electron chi connectivity index (χ0n) is 7.78. The molecule has 5 heteroatoms. The van der Waals surface area contributed by atoms with Crippen LogP contribution in [0.25, 0.3) is 10.2 Å². The molecule has 0 spiro atoms. The number of aromatic nitrogens is 1. The van der Waals surface area contributed by atoms with Crippen LogP contribution in [0.5, 0.6) is 0 Å². The van der Waals surface area contributed by atoms with Crippen LogP contribution in [0, 0.1) is 0 Å². The van der Waals surface area contributed by atoms with Crippen LogP contribution < -0.4 is 0 Å². The Hall–Kier alpha value is -1.26. The van der Waals surface area contributed by atoms with E-state index in [1.807, 2.05) is 0 Å². The van der Waals surface area contributed by atoms with Gasteiger partial charge in [0.15, 0.2) is 0 Å². The van der Waals surface area contributed by atoms with Gasteiger partial charge in [0.2, 0.25) is 11.6 Å². The Bertz CT molecular complexity index is 562. The number of hydrogen-bond donors (Lipinski definition) is 0. The number of carbonyl (C=O) groups is 2. The van der Waals surface area contributed by atoms with E-state index in [-0.39, 0.29) is 0 Å². The molecule has 0 aliphatic heterocycles. The lowest BCUT2D eigenvalue weighted by Gasteiger charge is -1.89. The third-order valence-corrected chi connectivity index (χ3v) is 3.49. The molecule has 0 aliphatic carbocycles. The number of hydrogen-bond acceptors (Lipinski definition) is 4. The van der Waals surface area contributed by atoms with Crippen molar-refractivity contribution in [3.05, 3.63) is 28.2 Å². The molecule has 0 amide bonds. The topological polar surface area (TPSA) is 47.0 Å². The van der Waals surface area contributed by atoms with Crippen LogP contribution in [0.3, 0.4) is 0 Å². The Morgan fingerprint density at radius 1 is 1.47 bits per heavy atom. The van der Waals surface area contributed by atoms with Gasteiger partial charge in [0, 0.05) is 13.1 Å². The fourth-order valence-corrected chi connectivity index (χ4v) is 2.47. The van der Waals surface area contributed by atoms with Crippen molar-refractivity contribution in [2.45, 2.75) is 6.92 Å². The summed E-state index contributed by atoms with van der Waals surface area (Å²) in [7, 11) is 0. The monoisotopic (exact) mass is 239 g/mol. The van der Waals surface area contributed by atoms with Gasteiger partial charge < -0.3 is 0 Å². The minimum Gasteiger partial charge on any atom is -0.291 e. The van der Waals surface area contributed by atoms with Crippen molar-refractivity contribution in [2.24, 2.45) is 0 Å². The van der Waals surface area contributed by atoms with Crippen LogP contribution in [-0.4, -0.2) is 16.6 Å². The molecule has 0 aliphatic rings. The van der Waals surface area contributed by atoms with Gasteiger partial charge in [-0.3, -0.25) is 14.6 Å². The summed E-state index contributed by atoms with van der Waals surface area (Å²) in [5.74, 6) is -0.966. The zero-order chi connectivity index (χ0) is 11.0.